The van der Waals surface area contributed by atoms with Crippen LogP contribution in [-0.2, 0) is 0 Å². The average Bonchev–Trinajstić information content (AvgIpc) is 3.00. The molecule has 2 heterocycles. The van der Waals surface area contributed by atoms with E-state index in [4.69, 9.17) is 11.6 Å². The van der Waals surface area contributed by atoms with Gasteiger partial charge in [0.1, 0.15) is 16.5 Å². The van der Waals surface area contributed by atoms with Crippen molar-refractivity contribution in [2.24, 2.45) is 0 Å². The summed E-state index contributed by atoms with van der Waals surface area (Å²) in [6, 6.07) is 13.0. The van der Waals surface area contributed by atoms with Gasteiger partial charge in [-0.2, -0.15) is 0 Å². The van der Waals surface area contributed by atoms with Crippen LogP contribution in [0.15, 0.2) is 54.0 Å². The lowest BCUT2D eigenvalue weighted by molar-refractivity contribution is 0.102. The summed E-state index contributed by atoms with van der Waals surface area (Å²) in [7, 11) is 0. The third-order valence-electron chi connectivity index (χ3n) is 2.73. The van der Waals surface area contributed by atoms with Crippen LogP contribution in [0.1, 0.15) is 10.5 Å². The van der Waals surface area contributed by atoms with Crippen LogP contribution in [-0.4, -0.2) is 15.9 Å². The van der Waals surface area contributed by atoms with Crippen molar-refractivity contribution in [3.05, 3.63) is 64.8 Å². The van der Waals surface area contributed by atoms with Crippen LogP contribution in [0.4, 0.5) is 5.82 Å². The summed E-state index contributed by atoms with van der Waals surface area (Å²) < 4.78 is 0. The van der Waals surface area contributed by atoms with Gasteiger partial charge < -0.3 is 5.32 Å². The second-order valence-electron chi connectivity index (χ2n) is 4.22. The summed E-state index contributed by atoms with van der Waals surface area (Å²) >= 11 is 7.18. The molecule has 4 nitrogen and oxygen atoms in total. The molecule has 0 saturated heterocycles. The Bertz CT molecular complexity index is 756. The molecule has 0 saturated carbocycles. The van der Waals surface area contributed by atoms with Crippen LogP contribution < -0.4 is 5.32 Å². The molecule has 0 aliphatic carbocycles. The van der Waals surface area contributed by atoms with E-state index >= 15 is 0 Å². The Morgan fingerprint density at radius 3 is 2.67 bits per heavy atom. The fourth-order valence-electron chi connectivity index (χ4n) is 1.72. The van der Waals surface area contributed by atoms with E-state index in [2.05, 4.69) is 15.3 Å². The van der Waals surface area contributed by atoms with Crippen molar-refractivity contribution in [1.82, 2.24) is 9.97 Å². The molecule has 1 aromatic carbocycles. The van der Waals surface area contributed by atoms with Crippen LogP contribution in [0.25, 0.3) is 10.6 Å². The number of halogens is 1. The van der Waals surface area contributed by atoms with Gasteiger partial charge in [-0.3, -0.25) is 4.79 Å². The van der Waals surface area contributed by atoms with Gasteiger partial charge in [0, 0.05) is 17.1 Å². The molecular weight excluding hydrogens is 306 g/mol. The fourth-order valence-corrected chi connectivity index (χ4v) is 2.64. The second-order valence-corrected chi connectivity index (χ2v) is 5.51. The minimum atomic E-state index is -0.289. The molecule has 3 aromatic rings. The number of carbonyl (C=O) groups excluding carboxylic acids is 1. The van der Waals surface area contributed by atoms with Gasteiger partial charge in [0.25, 0.3) is 5.91 Å². The topological polar surface area (TPSA) is 54.9 Å². The minimum absolute atomic E-state index is 0.289. The van der Waals surface area contributed by atoms with Crippen molar-refractivity contribution >= 4 is 34.7 Å². The van der Waals surface area contributed by atoms with Gasteiger partial charge in [-0.25, -0.2) is 9.97 Å². The van der Waals surface area contributed by atoms with Gasteiger partial charge >= 0.3 is 0 Å². The third-order valence-corrected chi connectivity index (χ3v) is 3.84. The predicted octanol–water partition coefficient (Wildman–Crippen LogP) is 4.11. The molecule has 104 valence electrons. The van der Waals surface area contributed by atoms with E-state index in [-0.39, 0.29) is 5.91 Å². The summed E-state index contributed by atoms with van der Waals surface area (Å²) in [5.74, 6) is 0.155. The average molecular weight is 316 g/mol. The summed E-state index contributed by atoms with van der Waals surface area (Å²) in [6.45, 7) is 0. The molecule has 1 amide bonds. The second kappa shape index (κ2) is 6.03. The fraction of sp³-hybridized carbons (Fsp3) is 0. The Kier molecular flexibility index (Phi) is 3.94. The molecule has 21 heavy (non-hydrogen) atoms. The van der Waals surface area contributed by atoms with Crippen LogP contribution in [0.5, 0.6) is 0 Å². The Morgan fingerprint density at radius 2 is 1.95 bits per heavy atom. The monoisotopic (exact) mass is 315 g/mol. The summed E-state index contributed by atoms with van der Waals surface area (Å²) in [5.41, 5.74) is 1.36. The quantitative estimate of drug-likeness (QED) is 0.791. The number of hydrogen-bond donors (Lipinski definition) is 1. The number of nitrogens with one attached hydrogen (secondary N) is 1. The molecule has 3 rings (SSSR count). The number of rotatable bonds is 3. The van der Waals surface area contributed by atoms with E-state index in [1.165, 1.54) is 17.5 Å². The molecule has 0 fully saturated rings. The van der Waals surface area contributed by atoms with E-state index in [1.807, 2.05) is 30.3 Å². The highest BCUT2D eigenvalue weighted by Crippen LogP contribution is 2.23. The first-order valence-electron chi connectivity index (χ1n) is 6.16. The first-order valence-corrected chi connectivity index (χ1v) is 7.42. The van der Waals surface area contributed by atoms with Gasteiger partial charge in [-0.15, -0.1) is 11.3 Å². The molecule has 0 aliphatic heterocycles. The lowest BCUT2D eigenvalue weighted by atomic mass is 10.2. The molecule has 0 aliphatic rings. The zero-order valence-corrected chi connectivity index (χ0v) is 12.4. The smallest absolute Gasteiger partial charge is 0.276 e. The number of pyridine rings is 1. The number of thiazole rings is 1. The number of anilines is 1. The number of carbonyl (C=O) groups is 1. The number of hydrogen-bond acceptors (Lipinski definition) is 4. The molecule has 0 bridgehead atoms. The predicted molar refractivity (Wildman–Crippen MR) is 84.8 cm³/mol. The van der Waals surface area contributed by atoms with E-state index < -0.39 is 0 Å². The first kappa shape index (κ1) is 13.7. The van der Waals surface area contributed by atoms with Crippen LogP contribution in [0.2, 0.25) is 5.02 Å². The minimum Gasteiger partial charge on any atom is -0.305 e. The largest absolute Gasteiger partial charge is 0.305 e. The van der Waals surface area contributed by atoms with Crippen LogP contribution in [0.3, 0.4) is 0 Å². The SMILES string of the molecule is O=C(Nc1ccc(Cl)cn1)c1csc(-c2ccccc2)n1. The maximum absolute atomic E-state index is 12.1. The first-order chi connectivity index (χ1) is 10.2. The summed E-state index contributed by atoms with van der Waals surface area (Å²) in [4.78, 5) is 20.5. The Morgan fingerprint density at radius 1 is 1.14 bits per heavy atom. The molecule has 1 N–H and O–H groups in total. The van der Waals surface area contributed by atoms with E-state index in [1.54, 1.807) is 17.5 Å². The van der Waals surface area contributed by atoms with Gasteiger partial charge in [0.2, 0.25) is 0 Å². The van der Waals surface area contributed by atoms with E-state index in [0.29, 0.717) is 16.5 Å². The molecular formula is C15H10ClN3OS. The lowest BCUT2D eigenvalue weighted by Gasteiger charge is -2.01. The Labute approximate surface area is 130 Å². The molecule has 0 unspecified atom stereocenters. The van der Waals surface area contributed by atoms with Gasteiger partial charge in [0.05, 0.1) is 5.02 Å². The van der Waals surface area contributed by atoms with Crippen molar-refractivity contribution < 1.29 is 4.79 Å². The molecule has 2 aromatic heterocycles. The summed E-state index contributed by atoms with van der Waals surface area (Å²) in [5, 5.41) is 5.75. The van der Waals surface area contributed by atoms with E-state index in [9.17, 15) is 4.79 Å². The van der Waals surface area contributed by atoms with Gasteiger partial charge in [0.15, 0.2) is 0 Å². The molecule has 0 spiro atoms. The number of amides is 1. The summed E-state index contributed by atoms with van der Waals surface area (Å²) in [6.07, 6.45) is 1.48. The highest BCUT2D eigenvalue weighted by molar-refractivity contribution is 7.13. The highest BCUT2D eigenvalue weighted by atomic mass is 35.5. The zero-order valence-electron chi connectivity index (χ0n) is 10.8. The van der Waals surface area contributed by atoms with Gasteiger partial charge in [-0.05, 0) is 12.1 Å². The van der Waals surface area contributed by atoms with Crippen molar-refractivity contribution in [3.63, 3.8) is 0 Å². The normalized spacial score (nSPS) is 10.3. The molecule has 0 radical (unpaired) electrons. The van der Waals surface area contributed by atoms with Crippen molar-refractivity contribution in [3.8, 4) is 10.6 Å². The van der Waals surface area contributed by atoms with Crippen molar-refractivity contribution in [2.75, 3.05) is 5.32 Å². The maximum atomic E-state index is 12.1. The third kappa shape index (κ3) is 3.26. The van der Waals surface area contributed by atoms with Crippen molar-refractivity contribution in [2.45, 2.75) is 0 Å². The van der Waals surface area contributed by atoms with Gasteiger partial charge in [-0.1, -0.05) is 41.9 Å². The standard InChI is InChI=1S/C15H10ClN3OS/c16-11-6-7-13(17-8-11)19-14(20)12-9-21-15(18-12)10-4-2-1-3-5-10/h1-9H,(H,17,19,20). The Hall–Kier alpha value is -2.24. The molecule has 6 heteroatoms. The maximum Gasteiger partial charge on any atom is 0.276 e. The zero-order chi connectivity index (χ0) is 14.7. The molecule has 0 atom stereocenters. The van der Waals surface area contributed by atoms with Crippen LogP contribution >= 0.6 is 22.9 Å². The Balaban J connectivity index is 1.77. The van der Waals surface area contributed by atoms with Crippen molar-refractivity contribution in [1.29, 1.82) is 0 Å². The lowest BCUT2D eigenvalue weighted by Crippen LogP contribution is -2.13. The number of benzene rings is 1. The van der Waals surface area contributed by atoms with E-state index in [0.717, 1.165) is 10.6 Å². The van der Waals surface area contributed by atoms with Crippen LogP contribution in [0, 0.1) is 0 Å². The highest BCUT2D eigenvalue weighted by Gasteiger charge is 2.12. The number of aromatic nitrogens is 2. The number of nitrogens with zero attached hydrogens (tertiary/aromatic N) is 2.